The third-order valence-electron chi connectivity index (χ3n) is 4.99. The third-order valence-corrected chi connectivity index (χ3v) is 6.96. The van der Waals surface area contributed by atoms with Gasteiger partial charge in [0, 0.05) is 25.2 Å². The fourth-order valence-corrected chi connectivity index (χ4v) is 4.99. The van der Waals surface area contributed by atoms with Crippen LogP contribution in [0.2, 0.25) is 0 Å². The van der Waals surface area contributed by atoms with Crippen molar-refractivity contribution in [2.75, 3.05) is 27.3 Å². The zero-order valence-corrected chi connectivity index (χ0v) is 17.3. The predicted octanol–water partition coefficient (Wildman–Crippen LogP) is 2.41. The first-order chi connectivity index (χ1) is 12.8. The minimum absolute atomic E-state index is 0.0668. The maximum absolute atomic E-state index is 13.2. The van der Waals surface area contributed by atoms with E-state index in [1.807, 2.05) is 6.92 Å². The van der Waals surface area contributed by atoms with E-state index in [4.69, 9.17) is 9.47 Å². The lowest BCUT2D eigenvalue weighted by molar-refractivity contribution is -0.126. The van der Waals surface area contributed by atoms with Gasteiger partial charge in [0.25, 0.3) is 0 Å². The van der Waals surface area contributed by atoms with Crippen LogP contribution in [0.3, 0.4) is 0 Å². The van der Waals surface area contributed by atoms with Crippen molar-refractivity contribution in [3.63, 3.8) is 0 Å². The highest BCUT2D eigenvalue weighted by molar-refractivity contribution is 7.89. The van der Waals surface area contributed by atoms with Crippen LogP contribution in [0.1, 0.15) is 39.5 Å². The first kappa shape index (κ1) is 21.5. The van der Waals surface area contributed by atoms with Gasteiger partial charge in [0.05, 0.1) is 25.0 Å². The Morgan fingerprint density at radius 3 is 2.56 bits per heavy atom. The topological polar surface area (TPSA) is 84.9 Å². The number of carbonyl (C=O) groups is 1. The summed E-state index contributed by atoms with van der Waals surface area (Å²) in [6, 6.07) is 4.39. The number of amides is 1. The molecule has 0 saturated carbocycles. The van der Waals surface area contributed by atoms with E-state index in [2.05, 4.69) is 12.2 Å². The molecular weight excluding hydrogens is 368 g/mol. The lowest BCUT2D eigenvalue weighted by atomic mass is 9.94. The van der Waals surface area contributed by atoms with E-state index in [1.54, 1.807) is 6.07 Å². The van der Waals surface area contributed by atoms with Crippen molar-refractivity contribution in [3.8, 4) is 11.5 Å². The molecule has 1 aliphatic heterocycles. The molecule has 0 bridgehead atoms. The van der Waals surface area contributed by atoms with Crippen LogP contribution in [0.25, 0.3) is 0 Å². The molecule has 1 aliphatic rings. The van der Waals surface area contributed by atoms with Crippen LogP contribution < -0.4 is 14.8 Å². The number of unbranched alkanes of at least 4 members (excludes halogenated alkanes) is 1. The molecule has 2 atom stereocenters. The van der Waals surface area contributed by atoms with E-state index in [-0.39, 0.29) is 29.3 Å². The molecule has 1 N–H and O–H groups in total. The Bertz CT molecular complexity index is 750. The van der Waals surface area contributed by atoms with E-state index in [0.29, 0.717) is 30.9 Å². The van der Waals surface area contributed by atoms with Gasteiger partial charge in [-0.1, -0.05) is 13.3 Å². The number of nitrogens with one attached hydrogen (secondary N) is 1. The van der Waals surface area contributed by atoms with Crippen LogP contribution in [0.4, 0.5) is 0 Å². The number of sulfonamides is 1. The van der Waals surface area contributed by atoms with Gasteiger partial charge in [0.15, 0.2) is 11.5 Å². The molecule has 1 aromatic rings. The lowest BCUT2D eigenvalue weighted by Crippen LogP contribution is -2.49. The largest absolute Gasteiger partial charge is 0.493 e. The number of methoxy groups -OCH3 is 2. The molecule has 2 unspecified atom stereocenters. The summed E-state index contributed by atoms with van der Waals surface area (Å²) < 4.78 is 38.2. The van der Waals surface area contributed by atoms with Crippen molar-refractivity contribution in [1.29, 1.82) is 0 Å². The molecule has 0 spiro atoms. The second kappa shape index (κ2) is 9.41. The molecule has 152 valence electrons. The van der Waals surface area contributed by atoms with E-state index in [0.717, 1.165) is 12.8 Å². The first-order valence-electron chi connectivity index (χ1n) is 9.36. The van der Waals surface area contributed by atoms with Crippen LogP contribution in [-0.2, 0) is 14.8 Å². The van der Waals surface area contributed by atoms with Gasteiger partial charge in [-0.15, -0.1) is 0 Å². The molecular formula is C19H30N2O5S. The molecule has 27 heavy (non-hydrogen) atoms. The average molecular weight is 399 g/mol. The van der Waals surface area contributed by atoms with Gasteiger partial charge in [0.2, 0.25) is 15.9 Å². The highest BCUT2D eigenvalue weighted by Gasteiger charge is 2.37. The first-order valence-corrected chi connectivity index (χ1v) is 10.8. The zero-order chi connectivity index (χ0) is 20.0. The summed E-state index contributed by atoms with van der Waals surface area (Å²) in [6.07, 6.45) is 3.26. The smallest absolute Gasteiger partial charge is 0.243 e. The van der Waals surface area contributed by atoms with Crippen molar-refractivity contribution in [3.05, 3.63) is 18.2 Å². The quantitative estimate of drug-likeness (QED) is 0.680. The van der Waals surface area contributed by atoms with Gasteiger partial charge < -0.3 is 14.8 Å². The third kappa shape index (κ3) is 4.93. The molecule has 1 saturated heterocycles. The predicted molar refractivity (Wildman–Crippen MR) is 104 cm³/mol. The molecule has 0 aliphatic carbocycles. The van der Waals surface area contributed by atoms with E-state index >= 15 is 0 Å². The average Bonchev–Trinajstić information content (AvgIpc) is 2.67. The minimum Gasteiger partial charge on any atom is -0.493 e. The molecule has 1 aromatic carbocycles. The summed E-state index contributed by atoms with van der Waals surface area (Å²) in [6.45, 7) is 4.76. The van der Waals surface area contributed by atoms with Crippen LogP contribution in [-0.4, -0.2) is 52.0 Å². The Balaban J connectivity index is 2.21. The van der Waals surface area contributed by atoms with Crippen LogP contribution in [0.5, 0.6) is 11.5 Å². The summed E-state index contributed by atoms with van der Waals surface area (Å²) in [5, 5.41) is 2.92. The Morgan fingerprint density at radius 2 is 1.93 bits per heavy atom. The number of carbonyl (C=O) groups excluding carboxylic acids is 1. The maximum Gasteiger partial charge on any atom is 0.243 e. The maximum atomic E-state index is 13.2. The summed E-state index contributed by atoms with van der Waals surface area (Å²) in [5.41, 5.74) is 0. The highest BCUT2D eigenvalue weighted by Crippen LogP contribution is 2.33. The summed E-state index contributed by atoms with van der Waals surface area (Å²) in [4.78, 5) is 12.5. The second-order valence-corrected chi connectivity index (χ2v) is 8.75. The van der Waals surface area contributed by atoms with Crippen LogP contribution in [0.15, 0.2) is 23.1 Å². The Morgan fingerprint density at radius 1 is 1.22 bits per heavy atom. The molecule has 1 heterocycles. The lowest BCUT2D eigenvalue weighted by Gasteiger charge is -2.36. The highest BCUT2D eigenvalue weighted by atomic mass is 32.2. The number of piperidine rings is 1. The molecule has 1 fully saturated rings. The van der Waals surface area contributed by atoms with Gasteiger partial charge in [-0.25, -0.2) is 8.42 Å². The molecule has 8 heteroatoms. The zero-order valence-electron chi connectivity index (χ0n) is 16.5. The number of ether oxygens (including phenoxy) is 2. The molecule has 1 amide bonds. The minimum atomic E-state index is -3.74. The summed E-state index contributed by atoms with van der Waals surface area (Å²) in [5.74, 6) is 0.434. The number of nitrogens with zero attached hydrogens (tertiary/aromatic N) is 1. The number of hydrogen-bond acceptors (Lipinski definition) is 5. The molecule has 7 nitrogen and oxygen atoms in total. The van der Waals surface area contributed by atoms with Gasteiger partial charge >= 0.3 is 0 Å². The molecule has 0 aromatic heterocycles. The van der Waals surface area contributed by atoms with E-state index < -0.39 is 10.0 Å². The Kier molecular flexibility index (Phi) is 7.49. The Labute approximate surface area is 162 Å². The van der Waals surface area contributed by atoms with Crippen molar-refractivity contribution in [1.82, 2.24) is 9.62 Å². The van der Waals surface area contributed by atoms with Crippen molar-refractivity contribution in [2.24, 2.45) is 5.92 Å². The Hall–Kier alpha value is -1.80. The second-order valence-electron chi connectivity index (χ2n) is 6.86. The van der Waals surface area contributed by atoms with Crippen LogP contribution >= 0.6 is 0 Å². The van der Waals surface area contributed by atoms with E-state index in [1.165, 1.54) is 30.7 Å². The van der Waals surface area contributed by atoms with Crippen molar-refractivity contribution >= 4 is 15.9 Å². The summed E-state index contributed by atoms with van der Waals surface area (Å²) >= 11 is 0. The summed E-state index contributed by atoms with van der Waals surface area (Å²) in [7, 11) is -0.775. The van der Waals surface area contributed by atoms with Crippen LogP contribution in [0, 0.1) is 5.92 Å². The molecule has 0 radical (unpaired) electrons. The van der Waals surface area contributed by atoms with E-state index in [9.17, 15) is 13.2 Å². The fraction of sp³-hybridized carbons (Fsp3) is 0.632. The normalized spacial score (nSPS) is 20.9. The number of benzene rings is 1. The number of rotatable bonds is 8. The van der Waals surface area contributed by atoms with Crippen molar-refractivity contribution < 1.29 is 22.7 Å². The fourth-order valence-electron chi connectivity index (χ4n) is 3.27. The van der Waals surface area contributed by atoms with Gasteiger partial charge in [0.1, 0.15) is 0 Å². The van der Waals surface area contributed by atoms with Gasteiger partial charge in [-0.3, -0.25) is 4.79 Å². The number of hydrogen-bond donors (Lipinski definition) is 1. The van der Waals surface area contributed by atoms with Gasteiger partial charge in [-0.2, -0.15) is 4.31 Å². The SMILES string of the molecule is CCCCNC(=O)C1CCC(C)N(S(=O)(=O)c2ccc(OC)c(OC)c2)C1. The van der Waals surface area contributed by atoms with Crippen molar-refractivity contribution in [2.45, 2.75) is 50.5 Å². The molecule has 2 rings (SSSR count). The standard InChI is InChI=1S/C19H30N2O5S/c1-5-6-11-20-19(22)15-8-7-14(2)21(13-15)27(23,24)16-9-10-17(25-3)18(12-16)26-4/h9-10,12,14-15H,5-8,11,13H2,1-4H3,(H,20,22). The van der Waals surface area contributed by atoms with Gasteiger partial charge in [-0.05, 0) is 38.3 Å². The monoisotopic (exact) mass is 398 g/mol.